The van der Waals surface area contributed by atoms with Crippen molar-refractivity contribution in [3.05, 3.63) is 21.9 Å². The van der Waals surface area contributed by atoms with Crippen LogP contribution in [-0.2, 0) is 11.3 Å². The van der Waals surface area contributed by atoms with E-state index in [0.29, 0.717) is 17.5 Å². The van der Waals surface area contributed by atoms with Crippen molar-refractivity contribution >= 4 is 17.3 Å². The lowest BCUT2D eigenvalue weighted by Crippen LogP contribution is -2.46. The molecule has 2 rings (SSSR count). The molecule has 1 unspecified atom stereocenters. The molecular formula is C15H23NO3S. The van der Waals surface area contributed by atoms with Crippen molar-refractivity contribution in [1.82, 2.24) is 5.32 Å². The molecule has 1 aromatic heterocycles. The third kappa shape index (κ3) is 3.40. The summed E-state index contributed by atoms with van der Waals surface area (Å²) < 4.78 is 5.96. The number of hydrogen-bond donors (Lipinski definition) is 2. The Morgan fingerprint density at radius 2 is 2.30 bits per heavy atom. The number of rotatable bonds is 6. The van der Waals surface area contributed by atoms with E-state index in [4.69, 9.17) is 9.84 Å². The van der Waals surface area contributed by atoms with Crippen LogP contribution in [0.5, 0.6) is 0 Å². The Morgan fingerprint density at radius 3 is 2.95 bits per heavy atom. The molecule has 0 radical (unpaired) electrons. The van der Waals surface area contributed by atoms with Gasteiger partial charge in [-0.2, -0.15) is 0 Å². The fourth-order valence-electron chi connectivity index (χ4n) is 2.86. The van der Waals surface area contributed by atoms with Gasteiger partial charge < -0.3 is 15.2 Å². The van der Waals surface area contributed by atoms with Gasteiger partial charge >= 0.3 is 5.97 Å². The zero-order chi connectivity index (χ0) is 14.6. The molecule has 2 N–H and O–H groups in total. The lowest BCUT2D eigenvalue weighted by molar-refractivity contribution is -0.0932. The molecule has 1 aliphatic rings. The second-order valence-corrected chi connectivity index (χ2v) is 6.31. The smallest absolute Gasteiger partial charge is 0.346 e. The summed E-state index contributed by atoms with van der Waals surface area (Å²) >= 11 is 1.29. The van der Waals surface area contributed by atoms with Gasteiger partial charge in [0.2, 0.25) is 0 Å². The van der Waals surface area contributed by atoms with Crippen LogP contribution >= 0.6 is 11.3 Å². The maximum absolute atomic E-state index is 11.1. The van der Waals surface area contributed by atoms with Crippen LogP contribution in [0, 0.1) is 0 Å². The van der Waals surface area contributed by atoms with Gasteiger partial charge in [0.1, 0.15) is 4.88 Å². The van der Waals surface area contributed by atoms with E-state index in [1.807, 2.05) is 11.4 Å². The van der Waals surface area contributed by atoms with Crippen molar-refractivity contribution in [2.24, 2.45) is 0 Å². The van der Waals surface area contributed by atoms with Crippen LogP contribution < -0.4 is 5.32 Å². The highest BCUT2D eigenvalue weighted by molar-refractivity contribution is 7.12. The molecule has 112 valence electrons. The topological polar surface area (TPSA) is 58.6 Å². The second kappa shape index (κ2) is 6.70. The summed E-state index contributed by atoms with van der Waals surface area (Å²) in [6.45, 7) is 5.76. The fraction of sp³-hybridized carbons (Fsp3) is 0.667. The van der Waals surface area contributed by atoms with E-state index >= 15 is 0 Å². The third-order valence-electron chi connectivity index (χ3n) is 4.30. The summed E-state index contributed by atoms with van der Waals surface area (Å²) in [5, 5.41) is 14.5. The Morgan fingerprint density at radius 1 is 1.55 bits per heavy atom. The summed E-state index contributed by atoms with van der Waals surface area (Å²) in [5.41, 5.74) is 0.882. The third-order valence-corrected chi connectivity index (χ3v) is 5.25. The zero-order valence-electron chi connectivity index (χ0n) is 12.1. The Kier molecular flexibility index (Phi) is 5.18. The monoisotopic (exact) mass is 297 g/mol. The number of carbonyl (C=O) groups is 1. The van der Waals surface area contributed by atoms with Crippen molar-refractivity contribution in [2.45, 2.75) is 57.7 Å². The van der Waals surface area contributed by atoms with E-state index < -0.39 is 5.97 Å². The largest absolute Gasteiger partial charge is 0.477 e. The molecule has 0 bridgehead atoms. The van der Waals surface area contributed by atoms with Gasteiger partial charge in [0.05, 0.1) is 5.60 Å². The predicted octanol–water partition coefficient (Wildman–Crippen LogP) is 3.27. The van der Waals surface area contributed by atoms with Crippen molar-refractivity contribution in [2.75, 3.05) is 6.61 Å². The van der Waals surface area contributed by atoms with Gasteiger partial charge in [-0.15, -0.1) is 11.3 Å². The minimum atomic E-state index is -0.833. The number of carboxylic acids is 1. The highest BCUT2D eigenvalue weighted by Crippen LogP contribution is 2.31. The molecule has 1 fully saturated rings. The van der Waals surface area contributed by atoms with Gasteiger partial charge in [-0.05, 0) is 42.7 Å². The first-order valence-corrected chi connectivity index (χ1v) is 8.15. The second-order valence-electron chi connectivity index (χ2n) is 5.39. The summed E-state index contributed by atoms with van der Waals surface area (Å²) in [5.74, 6) is -0.833. The molecule has 1 atom stereocenters. The maximum Gasteiger partial charge on any atom is 0.346 e. The highest BCUT2D eigenvalue weighted by Gasteiger charge is 2.34. The first kappa shape index (κ1) is 15.5. The molecule has 5 heteroatoms. The zero-order valence-corrected chi connectivity index (χ0v) is 13.0. The van der Waals surface area contributed by atoms with Crippen LogP contribution in [-0.4, -0.2) is 29.3 Å². The van der Waals surface area contributed by atoms with Crippen molar-refractivity contribution in [3.8, 4) is 0 Å². The minimum absolute atomic E-state index is 0.000189. The summed E-state index contributed by atoms with van der Waals surface area (Å²) in [6.07, 6.45) is 4.06. The van der Waals surface area contributed by atoms with Crippen molar-refractivity contribution in [1.29, 1.82) is 0 Å². The molecule has 0 spiro atoms. The van der Waals surface area contributed by atoms with Gasteiger partial charge in [0.15, 0.2) is 0 Å². The van der Waals surface area contributed by atoms with Gasteiger partial charge in [-0.1, -0.05) is 13.8 Å². The number of hydrogen-bond acceptors (Lipinski definition) is 4. The van der Waals surface area contributed by atoms with E-state index in [0.717, 1.165) is 37.9 Å². The predicted molar refractivity (Wildman–Crippen MR) is 80.4 cm³/mol. The molecule has 0 saturated carbocycles. The summed E-state index contributed by atoms with van der Waals surface area (Å²) in [6, 6.07) is 2.30. The van der Waals surface area contributed by atoms with Crippen molar-refractivity contribution in [3.63, 3.8) is 0 Å². The molecule has 20 heavy (non-hydrogen) atoms. The highest BCUT2D eigenvalue weighted by atomic mass is 32.1. The Hall–Kier alpha value is -0.910. The van der Waals surface area contributed by atoms with E-state index in [2.05, 4.69) is 19.2 Å². The lowest BCUT2D eigenvalue weighted by Gasteiger charge is -2.40. The minimum Gasteiger partial charge on any atom is -0.477 e. The average Bonchev–Trinajstić information content (AvgIpc) is 2.94. The molecule has 1 aliphatic heterocycles. The quantitative estimate of drug-likeness (QED) is 0.846. The number of thiophene rings is 1. The first-order valence-electron chi connectivity index (χ1n) is 7.27. The molecule has 0 aliphatic carbocycles. The molecule has 0 amide bonds. The van der Waals surface area contributed by atoms with Gasteiger partial charge in [-0.3, -0.25) is 0 Å². The van der Waals surface area contributed by atoms with Crippen LogP contribution in [0.25, 0.3) is 0 Å². The molecule has 4 nitrogen and oxygen atoms in total. The Balaban J connectivity index is 1.93. The number of ether oxygens (including phenoxy) is 1. The number of nitrogens with one attached hydrogen (secondary N) is 1. The Bertz CT molecular complexity index is 454. The van der Waals surface area contributed by atoms with Crippen LogP contribution in [0.3, 0.4) is 0 Å². The van der Waals surface area contributed by atoms with Crippen LogP contribution in [0.2, 0.25) is 0 Å². The molecule has 1 saturated heterocycles. The van der Waals surface area contributed by atoms with E-state index in [-0.39, 0.29) is 5.60 Å². The lowest BCUT2D eigenvalue weighted by atomic mass is 9.86. The fourth-order valence-corrected chi connectivity index (χ4v) is 3.62. The van der Waals surface area contributed by atoms with Crippen LogP contribution in [0.1, 0.15) is 54.8 Å². The molecule has 0 aromatic carbocycles. The van der Waals surface area contributed by atoms with E-state index in [1.165, 1.54) is 11.3 Å². The summed E-state index contributed by atoms with van der Waals surface area (Å²) in [4.78, 5) is 11.5. The van der Waals surface area contributed by atoms with Gasteiger partial charge in [-0.25, -0.2) is 4.79 Å². The molecular weight excluding hydrogens is 274 g/mol. The number of aromatic carboxylic acids is 1. The standard InChI is InChI=1S/C15H23NO3S/c1-3-15(4-2)9-12(5-7-19-15)16-10-11-6-8-20-13(11)14(17)18/h6,8,12,16H,3-5,7,9-10H2,1-2H3,(H,17,18). The van der Waals surface area contributed by atoms with Gasteiger partial charge in [0.25, 0.3) is 0 Å². The SMILES string of the molecule is CCC1(CC)CC(NCc2ccsc2C(=O)O)CCO1. The van der Waals surface area contributed by atoms with Crippen LogP contribution in [0.15, 0.2) is 11.4 Å². The maximum atomic E-state index is 11.1. The Labute approximate surface area is 124 Å². The van der Waals surface area contributed by atoms with Crippen LogP contribution in [0.4, 0.5) is 0 Å². The molecule has 1 aromatic rings. The molecule has 2 heterocycles. The first-order chi connectivity index (χ1) is 9.60. The van der Waals surface area contributed by atoms with E-state index in [1.54, 1.807) is 0 Å². The van der Waals surface area contributed by atoms with E-state index in [9.17, 15) is 4.79 Å². The average molecular weight is 297 g/mol. The summed E-state index contributed by atoms with van der Waals surface area (Å²) in [7, 11) is 0. The number of carboxylic acid groups (broad SMARTS) is 1. The van der Waals surface area contributed by atoms with Crippen molar-refractivity contribution < 1.29 is 14.6 Å². The normalized spacial score (nSPS) is 21.8. The van der Waals surface area contributed by atoms with Gasteiger partial charge in [0, 0.05) is 19.2 Å².